The third-order valence-electron chi connectivity index (χ3n) is 5.21. The molecule has 1 fully saturated rings. The van der Waals surface area contributed by atoms with Gasteiger partial charge >= 0.3 is 0 Å². The van der Waals surface area contributed by atoms with Crippen LogP contribution in [0.3, 0.4) is 0 Å². The van der Waals surface area contributed by atoms with Crippen molar-refractivity contribution < 1.29 is 14.6 Å². The van der Waals surface area contributed by atoms with Gasteiger partial charge in [-0.05, 0) is 59.0 Å². The van der Waals surface area contributed by atoms with Gasteiger partial charge in [0.25, 0.3) is 5.91 Å². The average Bonchev–Trinajstić information content (AvgIpc) is 3.21. The van der Waals surface area contributed by atoms with Crippen molar-refractivity contribution in [2.24, 2.45) is 0 Å². The first-order valence-corrected chi connectivity index (χ1v) is 9.15. The maximum absolute atomic E-state index is 12.8. The van der Waals surface area contributed by atoms with Crippen molar-refractivity contribution in [3.05, 3.63) is 60.3 Å². The summed E-state index contributed by atoms with van der Waals surface area (Å²) in [6.45, 7) is 0.739. The molecule has 4 rings (SSSR count). The van der Waals surface area contributed by atoms with E-state index in [1.54, 1.807) is 18.2 Å². The van der Waals surface area contributed by atoms with E-state index in [1.165, 1.54) is 0 Å². The Bertz CT molecular complexity index is 986. The third kappa shape index (κ3) is 3.38. The minimum absolute atomic E-state index is 0.00334. The first-order valence-electron chi connectivity index (χ1n) is 9.15. The van der Waals surface area contributed by atoms with Crippen molar-refractivity contribution in [1.29, 1.82) is 0 Å². The van der Waals surface area contributed by atoms with Crippen LogP contribution in [0.4, 0.5) is 0 Å². The quantitative estimate of drug-likeness (QED) is 0.771. The minimum Gasteiger partial charge on any atom is -0.481 e. The number of methoxy groups -OCH3 is 1. The van der Waals surface area contributed by atoms with Gasteiger partial charge in [-0.15, -0.1) is 0 Å². The molecule has 1 saturated heterocycles. The lowest BCUT2D eigenvalue weighted by Gasteiger charge is -2.23. The second-order valence-corrected chi connectivity index (χ2v) is 6.84. The molecule has 27 heavy (non-hydrogen) atoms. The fourth-order valence-corrected chi connectivity index (χ4v) is 3.72. The van der Waals surface area contributed by atoms with Crippen LogP contribution in [0.2, 0.25) is 0 Å². The van der Waals surface area contributed by atoms with E-state index >= 15 is 0 Å². The number of hydrogen-bond acceptors (Lipinski definition) is 4. The molecule has 5 nitrogen and oxygen atoms in total. The van der Waals surface area contributed by atoms with Crippen LogP contribution in [0.5, 0.6) is 5.88 Å². The molecule has 2 aromatic carbocycles. The summed E-state index contributed by atoms with van der Waals surface area (Å²) in [6, 6.07) is 15.7. The zero-order valence-corrected chi connectivity index (χ0v) is 15.3. The number of ether oxygens (including phenoxy) is 1. The van der Waals surface area contributed by atoms with Gasteiger partial charge in [0.1, 0.15) is 0 Å². The monoisotopic (exact) mass is 362 g/mol. The number of rotatable bonds is 4. The highest BCUT2D eigenvalue weighted by atomic mass is 16.5. The van der Waals surface area contributed by atoms with Gasteiger partial charge in [0.15, 0.2) is 0 Å². The largest absolute Gasteiger partial charge is 0.481 e. The second kappa shape index (κ2) is 7.37. The molecule has 1 aliphatic rings. The summed E-state index contributed by atoms with van der Waals surface area (Å²) >= 11 is 0. The molecule has 0 spiro atoms. The van der Waals surface area contributed by atoms with E-state index in [4.69, 9.17) is 4.74 Å². The Balaban J connectivity index is 1.65. The molecule has 1 atom stereocenters. The molecule has 0 radical (unpaired) electrons. The molecule has 0 saturated carbocycles. The van der Waals surface area contributed by atoms with Crippen molar-refractivity contribution >= 4 is 16.7 Å². The van der Waals surface area contributed by atoms with Crippen LogP contribution in [0, 0.1) is 0 Å². The van der Waals surface area contributed by atoms with Gasteiger partial charge in [-0.25, -0.2) is 4.98 Å². The van der Waals surface area contributed by atoms with E-state index in [-0.39, 0.29) is 18.6 Å². The number of aliphatic hydroxyl groups is 1. The number of amides is 1. The molecule has 5 heteroatoms. The number of nitrogens with zero attached hydrogens (tertiary/aromatic N) is 2. The summed E-state index contributed by atoms with van der Waals surface area (Å²) in [4.78, 5) is 18.7. The number of carbonyl (C=O) groups excluding carboxylic acids is 1. The predicted molar refractivity (Wildman–Crippen MR) is 105 cm³/mol. The minimum atomic E-state index is -0.0581. The summed E-state index contributed by atoms with van der Waals surface area (Å²) in [6.07, 6.45) is 3.55. The summed E-state index contributed by atoms with van der Waals surface area (Å²) in [7, 11) is 1.60. The summed E-state index contributed by atoms with van der Waals surface area (Å²) in [5.41, 5.74) is 2.77. The van der Waals surface area contributed by atoms with Crippen LogP contribution >= 0.6 is 0 Å². The fourth-order valence-electron chi connectivity index (χ4n) is 3.72. The molecular weight excluding hydrogens is 340 g/mol. The highest BCUT2D eigenvalue weighted by Gasteiger charge is 2.28. The molecule has 1 aliphatic heterocycles. The number of hydrogen-bond donors (Lipinski definition) is 1. The van der Waals surface area contributed by atoms with E-state index in [1.807, 2.05) is 42.5 Å². The van der Waals surface area contributed by atoms with Crippen molar-refractivity contribution in [2.75, 3.05) is 20.3 Å². The van der Waals surface area contributed by atoms with Gasteiger partial charge in [-0.3, -0.25) is 4.79 Å². The smallest absolute Gasteiger partial charge is 0.254 e. The van der Waals surface area contributed by atoms with Crippen LogP contribution in [0.25, 0.3) is 21.9 Å². The van der Waals surface area contributed by atoms with E-state index in [9.17, 15) is 9.90 Å². The van der Waals surface area contributed by atoms with Crippen molar-refractivity contribution in [1.82, 2.24) is 9.88 Å². The Morgan fingerprint density at radius 2 is 1.93 bits per heavy atom. The highest BCUT2D eigenvalue weighted by molar-refractivity contribution is 5.99. The first kappa shape index (κ1) is 17.5. The van der Waals surface area contributed by atoms with Gasteiger partial charge in [-0.1, -0.05) is 18.2 Å². The standard InChI is InChI=1S/C22H22N2O3/c1-27-21-13-18(8-9-23-21)16-4-5-17-12-19(7-6-15(17)11-16)22(26)24-10-2-3-20(24)14-25/h4-9,11-13,20,25H,2-3,10,14H2,1H3/t20-/m0/s1. The molecule has 1 amide bonds. The highest BCUT2D eigenvalue weighted by Crippen LogP contribution is 2.28. The molecule has 2 heterocycles. The summed E-state index contributed by atoms with van der Waals surface area (Å²) in [5, 5.41) is 11.6. The van der Waals surface area contributed by atoms with Gasteiger partial charge in [0.2, 0.25) is 5.88 Å². The maximum Gasteiger partial charge on any atom is 0.254 e. The fraction of sp³-hybridized carbons (Fsp3) is 0.273. The Labute approximate surface area is 158 Å². The van der Waals surface area contributed by atoms with Gasteiger partial charge in [0.05, 0.1) is 19.8 Å². The molecule has 138 valence electrons. The molecular formula is C22H22N2O3. The van der Waals surface area contributed by atoms with Gasteiger partial charge < -0.3 is 14.7 Å². The molecule has 0 unspecified atom stereocenters. The SMILES string of the molecule is COc1cc(-c2ccc3cc(C(=O)N4CCC[C@H]4CO)ccc3c2)ccn1. The Hall–Kier alpha value is -2.92. The maximum atomic E-state index is 12.8. The lowest BCUT2D eigenvalue weighted by molar-refractivity contribution is 0.0678. The van der Waals surface area contributed by atoms with Crippen LogP contribution < -0.4 is 4.74 Å². The van der Waals surface area contributed by atoms with E-state index < -0.39 is 0 Å². The van der Waals surface area contributed by atoms with E-state index in [0.29, 0.717) is 18.0 Å². The number of aliphatic hydroxyl groups excluding tert-OH is 1. The van der Waals surface area contributed by atoms with Crippen LogP contribution in [0.1, 0.15) is 23.2 Å². The van der Waals surface area contributed by atoms with Crippen molar-refractivity contribution in [3.63, 3.8) is 0 Å². The molecule has 0 aliphatic carbocycles. The number of aromatic nitrogens is 1. The first-order chi connectivity index (χ1) is 13.2. The van der Waals surface area contributed by atoms with E-state index in [2.05, 4.69) is 11.1 Å². The van der Waals surface area contributed by atoms with Crippen molar-refractivity contribution in [3.8, 4) is 17.0 Å². The number of likely N-dealkylation sites (tertiary alicyclic amines) is 1. The van der Waals surface area contributed by atoms with Crippen molar-refractivity contribution in [2.45, 2.75) is 18.9 Å². The zero-order chi connectivity index (χ0) is 18.8. The third-order valence-corrected chi connectivity index (χ3v) is 5.21. The summed E-state index contributed by atoms with van der Waals surface area (Å²) < 4.78 is 5.20. The lowest BCUT2D eigenvalue weighted by Crippen LogP contribution is -2.37. The zero-order valence-electron chi connectivity index (χ0n) is 15.3. The molecule has 1 N–H and O–H groups in total. The number of benzene rings is 2. The normalized spacial score (nSPS) is 16.7. The molecule has 0 bridgehead atoms. The Morgan fingerprint density at radius 1 is 1.15 bits per heavy atom. The van der Waals surface area contributed by atoms with Gasteiger partial charge in [0, 0.05) is 24.4 Å². The van der Waals surface area contributed by atoms with Gasteiger partial charge in [-0.2, -0.15) is 0 Å². The predicted octanol–water partition coefficient (Wildman–Crippen LogP) is 3.51. The lowest BCUT2D eigenvalue weighted by atomic mass is 10.00. The summed E-state index contributed by atoms with van der Waals surface area (Å²) in [5.74, 6) is 0.578. The Morgan fingerprint density at radius 3 is 2.74 bits per heavy atom. The van der Waals surface area contributed by atoms with Crippen LogP contribution in [-0.2, 0) is 0 Å². The van der Waals surface area contributed by atoms with Crippen LogP contribution in [0.15, 0.2) is 54.7 Å². The number of pyridine rings is 1. The molecule has 1 aromatic heterocycles. The molecule has 3 aromatic rings. The van der Waals surface area contributed by atoms with E-state index in [0.717, 1.165) is 34.7 Å². The Kier molecular flexibility index (Phi) is 4.77. The average molecular weight is 362 g/mol. The number of carbonyl (C=O) groups is 1. The van der Waals surface area contributed by atoms with Crippen LogP contribution in [-0.4, -0.2) is 47.2 Å². The topological polar surface area (TPSA) is 62.7 Å². The second-order valence-electron chi connectivity index (χ2n) is 6.84. The number of fused-ring (bicyclic) bond motifs is 1.